The zero-order valence-corrected chi connectivity index (χ0v) is 13.4. The molecule has 0 bridgehead atoms. The summed E-state index contributed by atoms with van der Waals surface area (Å²) in [5.41, 5.74) is 10.2. The Morgan fingerprint density at radius 3 is 2.50 bits per heavy atom. The maximum absolute atomic E-state index is 6.39. The van der Waals surface area contributed by atoms with Gasteiger partial charge in [0.2, 0.25) is 0 Å². The van der Waals surface area contributed by atoms with Crippen LogP contribution in [0.4, 0.5) is 0 Å². The quantitative estimate of drug-likeness (QED) is 0.895. The Hall–Kier alpha value is -0.900. The van der Waals surface area contributed by atoms with Crippen LogP contribution in [0.5, 0.6) is 0 Å². The highest BCUT2D eigenvalue weighted by Crippen LogP contribution is 2.18. The van der Waals surface area contributed by atoms with Crippen LogP contribution in [0.2, 0.25) is 0 Å². The van der Waals surface area contributed by atoms with E-state index < -0.39 is 0 Å². The first-order valence-electron chi connectivity index (χ1n) is 7.68. The third-order valence-electron chi connectivity index (χ3n) is 4.37. The fourth-order valence-electron chi connectivity index (χ4n) is 3.31. The Balaban J connectivity index is 1.91. The molecule has 0 aromatic heterocycles. The Morgan fingerprint density at radius 1 is 1.30 bits per heavy atom. The number of benzene rings is 1. The smallest absolute Gasteiger partial charge is 0.0424 e. The standard InChI is InChI=1S/C17H29N3/c1-13-8-14(2)10-15(9-13)17(18)12-19(3)11-16-6-5-7-20(16)4/h8-10,16-17H,5-7,11-12,18H2,1-4H3. The molecule has 0 radical (unpaired) electrons. The molecule has 3 heteroatoms. The van der Waals surface area contributed by atoms with Gasteiger partial charge in [-0.3, -0.25) is 0 Å². The Kier molecular flexibility index (Phi) is 5.19. The molecule has 2 unspecified atom stereocenters. The van der Waals surface area contributed by atoms with E-state index in [1.807, 2.05) is 0 Å². The molecule has 3 nitrogen and oxygen atoms in total. The van der Waals surface area contributed by atoms with Gasteiger partial charge in [0.1, 0.15) is 0 Å². The number of nitrogens with zero attached hydrogens (tertiary/aromatic N) is 2. The van der Waals surface area contributed by atoms with Crippen molar-refractivity contribution in [1.82, 2.24) is 9.80 Å². The predicted molar refractivity (Wildman–Crippen MR) is 86.0 cm³/mol. The first kappa shape index (κ1) is 15.5. The summed E-state index contributed by atoms with van der Waals surface area (Å²) in [6.07, 6.45) is 2.65. The van der Waals surface area contributed by atoms with Crippen LogP contribution in [0.15, 0.2) is 18.2 Å². The minimum absolute atomic E-state index is 0.102. The molecule has 1 aliphatic rings. The van der Waals surface area contributed by atoms with Gasteiger partial charge in [0.05, 0.1) is 0 Å². The number of nitrogens with two attached hydrogens (primary N) is 1. The van der Waals surface area contributed by atoms with Gasteiger partial charge in [-0.1, -0.05) is 29.3 Å². The van der Waals surface area contributed by atoms with Crippen molar-refractivity contribution in [2.45, 2.75) is 38.8 Å². The molecule has 0 spiro atoms. The van der Waals surface area contributed by atoms with E-state index in [-0.39, 0.29) is 6.04 Å². The predicted octanol–water partition coefficient (Wildman–Crippen LogP) is 2.33. The van der Waals surface area contributed by atoms with Crippen LogP contribution in [0, 0.1) is 13.8 Å². The number of hydrogen-bond donors (Lipinski definition) is 1. The summed E-state index contributed by atoms with van der Waals surface area (Å²) < 4.78 is 0. The van der Waals surface area contributed by atoms with Crippen LogP contribution in [0.1, 0.15) is 35.6 Å². The van der Waals surface area contributed by atoms with Crippen LogP contribution in [0.25, 0.3) is 0 Å². The fraction of sp³-hybridized carbons (Fsp3) is 0.647. The molecule has 2 N–H and O–H groups in total. The summed E-state index contributed by atoms with van der Waals surface area (Å²) in [4.78, 5) is 4.85. The zero-order valence-electron chi connectivity index (χ0n) is 13.4. The first-order chi connectivity index (χ1) is 9.45. The minimum Gasteiger partial charge on any atom is -0.323 e. The van der Waals surface area contributed by atoms with Gasteiger partial charge in [-0.25, -0.2) is 0 Å². The van der Waals surface area contributed by atoms with Crippen molar-refractivity contribution in [3.8, 4) is 0 Å². The van der Waals surface area contributed by atoms with E-state index in [1.165, 1.54) is 36.1 Å². The van der Waals surface area contributed by atoms with Gasteiger partial charge in [0, 0.05) is 25.2 Å². The van der Waals surface area contributed by atoms with E-state index in [4.69, 9.17) is 5.73 Å². The minimum atomic E-state index is 0.102. The van der Waals surface area contributed by atoms with Crippen LogP contribution in [-0.2, 0) is 0 Å². The number of likely N-dealkylation sites (tertiary alicyclic amines) is 1. The fourth-order valence-corrected chi connectivity index (χ4v) is 3.31. The molecule has 1 aliphatic heterocycles. The van der Waals surface area contributed by atoms with Crippen LogP contribution in [-0.4, -0.2) is 49.6 Å². The average Bonchev–Trinajstić information content (AvgIpc) is 2.73. The summed E-state index contributed by atoms with van der Waals surface area (Å²) in [6, 6.07) is 7.44. The van der Waals surface area contributed by atoms with E-state index in [0.717, 1.165) is 13.1 Å². The molecule has 20 heavy (non-hydrogen) atoms. The molecule has 1 heterocycles. The first-order valence-corrected chi connectivity index (χ1v) is 7.68. The van der Waals surface area contributed by atoms with Crippen molar-refractivity contribution >= 4 is 0 Å². The monoisotopic (exact) mass is 275 g/mol. The molecule has 1 saturated heterocycles. The van der Waals surface area contributed by atoms with Crippen LogP contribution in [0.3, 0.4) is 0 Å². The highest BCUT2D eigenvalue weighted by Gasteiger charge is 2.22. The lowest BCUT2D eigenvalue weighted by Crippen LogP contribution is -2.39. The van der Waals surface area contributed by atoms with Crippen molar-refractivity contribution in [3.05, 3.63) is 34.9 Å². The van der Waals surface area contributed by atoms with Gasteiger partial charge >= 0.3 is 0 Å². The van der Waals surface area contributed by atoms with Crippen molar-refractivity contribution in [3.63, 3.8) is 0 Å². The normalized spacial score (nSPS) is 21.6. The number of likely N-dealkylation sites (N-methyl/N-ethyl adjacent to an activating group) is 2. The van der Waals surface area contributed by atoms with Crippen molar-refractivity contribution in [2.75, 3.05) is 33.7 Å². The van der Waals surface area contributed by atoms with Crippen LogP contribution >= 0.6 is 0 Å². The summed E-state index contributed by atoms with van der Waals surface area (Å²) in [6.45, 7) is 7.56. The molecule has 0 amide bonds. The second kappa shape index (κ2) is 6.70. The lowest BCUT2D eigenvalue weighted by Gasteiger charge is -2.28. The van der Waals surface area contributed by atoms with Gasteiger partial charge in [0.25, 0.3) is 0 Å². The van der Waals surface area contributed by atoms with Crippen LogP contribution < -0.4 is 5.73 Å². The molecular formula is C17H29N3. The number of rotatable bonds is 5. The van der Waals surface area contributed by atoms with Gasteiger partial charge in [0.15, 0.2) is 0 Å². The SMILES string of the molecule is Cc1cc(C)cc(C(N)CN(C)CC2CCCN2C)c1. The van der Waals surface area contributed by atoms with Crippen molar-refractivity contribution in [1.29, 1.82) is 0 Å². The lowest BCUT2D eigenvalue weighted by atomic mass is 10.0. The van der Waals surface area contributed by atoms with Gasteiger partial charge in [-0.05, 0) is 52.9 Å². The summed E-state index contributed by atoms with van der Waals surface area (Å²) in [5.74, 6) is 0. The van der Waals surface area contributed by atoms with Gasteiger partial charge < -0.3 is 15.5 Å². The Bertz CT molecular complexity index is 424. The number of aryl methyl sites for hydroxylation is 2. The van der Waals surface area contributed by atoms with E-state index in [9.17, 15) is 0 Å². The third-order valence-corrected chi connectivity index (χ3v) is 4.37. The number of hydrogen-bond acceptors (Lipinski definition) is 3. The van der Waals surface area contributed by atoms with E-state index in [0.29, 0.717) is 6.04 Å². The second-order valence-electron chi connectivity index (χ2n) is 6.53. The summed E-state index contributed by atoms with van der Waals surface area (Å²) in [7, 11) is 4.42. The molecule has 2 atom stereocenters. The Labute approximate surface area is 123 Å². The highest BCUT2D eigenvalue weighted by molar-refractivity contribution is 5.30. The van der Waals surface area contributed by atoms with E-state index >= 15 is 0 Å². The zero-order chi connectivity index (χ0) is 14.7. The molecule has 112 valence electrons. The average molecular weight is 275 g/mol. The second-order valence-corrected chi connectivity index (χ2v) is 6.53. The molecule has 1 aromatic rings. The lowest BCUT2D eigenvalue weighted by molar-refractivity contribution is 0.213. The largest absolute Gasteiger partial charge is 0.323 e. The maximum atomic E-state index is 6.39. The van der Waals surface area contributed by atoms with E-state index in [1.54, 1.807) is 0 Å². The van der Waals surface area contributed by atoms with Gasteiger partial charge in [-0.2, -0.15) is 0 Å². The van der Waals surface area contributed by atoms with E-state index in [2.05, 4.69) is 55.9 Å². The molecule has 0 aliphatic carbocycles. The maximum Gasteiger partial charge on any atom is 0.0424 e. The molecule has 0 saturated carbocycles. The third kappa shape index (κ3) is 4.05. The molecule has 1 aromatic carbocycles. The molecule has 1 fully saturated rings. The van der Waals surface area contributed by atoms with Crippen molar-refractivity contribution in [2.24, 2.45) is 5.73 Å². The topological polar surface area (TPSA) is 32.5 Å². The Morgan fingerprint density at radius 2 is 1.95 bits per heavy atom. The summed E-state index contributed by atoms with van der Waals surface area (Å²) in [5, 5.41) is 0. The molecular weight excluding hydrogens is 246 g/mol. The van der Waals surface area contributed by atoms with Crippen molar-refractivity contribution < 1.29 is 0 Å². The highest BCUT2D eigenvalue weighted by atomic mass is 15.2. The summed E-state index contributed by atoms with van der Waals surface area (Å²) >= 11 is 0. The molecule has 2 rings (SSSR count). The van der Waals surface area contributed by atoms with Gasteiger partial charge in [-0.15, -0.1) is 0 Å².